The standard InChI is InChI=1S/C20H19N3O5/c1-12(2)26-14-9-7-13(8-10-14)18(24)21-20-23-22-19(28-20)17-11-25-15-5-3-4-6-16(15)27-17/h3-10,12,17H,11H2,1-2H3,(H,21,23,24)/t17-/m1/s1. The number of nitrogens with one attached hydrogen (secondary N) is 1. The van der Waals surface area contributed by atoms with Gasteiger partial charge in [-0.05, 0) is 50.2 Å². The van der Waals surface area contributed by atoms with E-state index in [0.29, 0.717) is 22.8 Å². The number of fused-ring (bicyclic) bond motifs is 1. The molecule has 1 aliphatic heterocycles. The van der Waals surface area contributed by atoms with Crippen LogP contribution in [0.15, 0.2) is 52.9 Å². The van der Waals surface area contributed by atoms with Crippen LogP contribution in [-0.2, 0) is 0 Å². The van der Waals surface area contributed by atoms with Crippen molar-refractivity contribution in [2.24, 2.45) is 0 Å². The zero-order chi connectivity index (χ0) is 19.5. The molecule has 1 atom stereocenters. The van der Waals surface area contributed by atoms with Gasteiger partial charge in [0.05, 0.1) is 6.10 Å². The molecule has 8 heteroatoms. The Morgan fingerprint density at radius 3 is 2.61 bits per heavy atom. The van der Waals surface area contributed by atoms with Crippen molar-refractivity contribution in [1.82, 2.24) is 10.2 Å². The Bertz CT molecular complexity index is 968. The summed E-state index contributed by atoms with van der Waals surface area (Å²) in [6, 6.07) is 14.1. The van der Waals surface area contributed by atoms with Gasteiger partial charge in [-0.1, -0.05) is 17.2 Å². The Balaban J connectivity index is 1.40. The highest BCUT2D eigenvalue weighted by Gasteiger charge is 2.27. The van der Waals surface area contributed by atoms with Gasteiger partial charge in [0.2, 0.25) is 6.10 Å². The SMILES string of the molecule is CC(C)Oc1ccc(C(=O)Nc2nnc([C@H]3COc4ccccc4O3)o2)cc1. The van der Waals surface area contributed by atoms with Crippen LogP contribution in [0.5, 0.6) is 17.2 Å². The number of ether oxygens (including phenoxy) is 3. The topological polar surface area (TPSA) is 95.7 Å². The fourth-order valence-electron chi connectivity index (χ4n) is 2.68. The van der Waals surface area contributed by atoms with Gasteiger partial charge in [0.15, 0.2) is 11.5 Å². The molecular weight excluding hydrogens is 362 g/mol. The van der Waals surface area contributed by atoms with Crippen molar-refractivity contribution in [2.45, 2.75) is 26.1 Å². The maximum atomic E-state index is 12.4. The molecule has 0 saturated carbocycles. The molecule has 1 amide bonds. The third kappa shape index (κ3) is 3.90. The van der Waals surface area contributed by atoms with Crippen LogP contribution in [-0.4, -0.2) is 28.8 Å². The molecule has 1 N–H and O–H groups in total. The van der Waals surface area contributed by atoms with E-state index < -0.39 is 6.10 Å². The number of rotatable bonds is 5. The van der Waals surface area contributed by atoms with E-state index in [0.717, 1.165) is 0 Å². The van der Waals surface area contributed by atoms with Crippen LogP contribution in [0.25, 0.3) is 0 Å². The molecule has 1 aromatic heterocycles. The van der Waals surface area contributed by atoms with Crippen LogP contribution >= 0.6 is 0 Å². The van der Waals surface area contributed by atoms with Gasteiger partial charge >= 0.3 is 6.01 Å². The van der Waals surface area contributed by atoms with E-state index in [2.05, 4.69) is 15.5 Å². The summed E-state index contributed by atoms with van der Waals surface area (Å²) in [5.74, 6) is 1.83. The van der Waals surface area contributed by atoms with Crippen molar-refractivity contribution in [3.63, 3.8) is 0 Å². The van der Waals surface area contributed by atoms with Gasteiger partial charge in [-0.2, -0.15) is 0 Å². The molecule has 144 valence electrons. The van der Waals surface area contributed by atoms with E-state index in [1.165, 1.54) is 0 Å². The molecule has 3 aromatic rings. The maximum Gasteiger partial charge on any atom is 0.322 e. The number of aromatic nitrogens is 2. The summed E-state index contributed by atoms with van der Waals surface area (Å²) in [6.07, 6.45) is -0.477. The number of para-hydroxylation sites is 2. The van der Waals surface area contributed by atoms with E-state index in [1.54, 1.807) is 30.3 Å². The third-order valence-corrected chi connectivity index (χ3v) is 3.93. The number of hydrogen-bond acceptors (Lipinski definition) is 7. The second-order valence-corrected chi connectivity index (χ2v) is 6.45. The quantitative estimate of drug-likeness (QED) is 0.721. The number of carbonyl (C=O) groups is 1. The number of anilines is 1. The van der Waals surface area contributed by atoms with Crippen molar-refractivity contribution in [1.29, 1.82) is 0 Å². The maximum absolute atomic E-state index is 12.4. The molecule has 0 radical (unpaired) electrons. The summed E-state index contributed by atoms with van der Waals surface area (Å²) in [6.45, 7) is 4.12. The van der Waals surface area contributed by atoms with Crippen molar-refractivity contribution in [3.8, 4) is 17.2 Å². The summed E-state index contributed by atoms with van der Waals surface area (Å²) in [4.78, 5) is 12.4. The Kier molecular flexibility index (Phi) is 4.84. The predicted molar refractivity (Wildman–Crippen MR) is 99.8 cm³/mol. The minimum Gasteiger partial charge on any atom is -0.491 e. The second-order valence-electron chi connectivity index (χ2n) is 6.45. The summed E-state index contributed by atoms with van der Waals surface area (Å²) >= 11 is 0. The minimum absolute atomic E-state index is 0.00929. The number of hydrogen-bond donors (Lipinski definition) is 1. The molecule has 0 spiro atoms. The highest BCUT2D eigenvalue weighted by molar-refractivity contribution is 6.03. The molecule has 2 aromatic carbocycles. The van der Waals surface area contributed by atoms with Crippen LogP contribution in [0.3, 0.4) is 0 Å². The molecule has 0 fully saturated rings. The largest absolute Gasteiger partial charge is 0.491 e. The first-order valence-electron chi connectivity index (χ1n) is 8.88. The fraction of sp³-hybridized carbons (Fsp3) is 0.250. The van der Waals surface area contributed by atoms with Crippen molar-refractivity contribution in [3.05, 3.63) is 60.0 Å². The summed E-state index contributed by atoms with van der Waals surface area (Å²) in [7, 11) is 0. The fourth-order valence-corrected chi connectivity index (χ4v) is 2.68. The predicted octanol–water partition coefficient (Wildman–Crippen LogP) is 3.62. The van der Waals surface area contributed by atoms with Crippen LogP contribution in [0.4, 0.5) is 6.01 Å². The van der Waals surface area contributed by atoms with E-state index in [1.807, 2.05) is 32.0 Å². The first kappa shape index (κ1) is 17.8. The summed E-state index contributed by atoms with van der Waals surface area (Å²) in [5, 5.41) is 10.4. The number of benzene rings is 2. The lowest BCUT2D eigenvalue weighted by Gasteiger charge is -2.23. The molecule has 0 saturated heterocycles. The average molecular weight is 381 g/mol. The molecule has 0 bridgehead atoms. The molecule has 28 heavy (non-hydrogen) atoms. The van der Waals surface area contributed by atoms with E-state index in [4.69, 9.17) is 18.6 Å². The van der Waals surface area contributed by atoms with Crippen molar-refractivity contribution >= 4 is 11.9 Å². The van der Waals surface area contributed by atoms with Gasteiger partial charge in [-0.3, -0.25) is 10.1 Å². The number of nitrogens with zero attached hydrogens (tertiary/aromatic N) is 2. The highest BCUT2D eigenvalue weighted by Crippen LogP contribution is 2.35. The third-order valence-electron chi connectivity index (χ3n) is 3.93. The number of amides is 1. The first-order valence-corrected chi connectivity index (χ1v) is 8.88. The summed E-state index contributed by atoms with van der Waals surface area (Å²) < 4.78 is 22.5. The molecule has 2 heterocycles. The monoisotopic (exact) mass is 381 g/mol. The lowest BCUT2D eigenvalue weighted by atomic mass is 10.2. The van der Waals surface area contributed by atoms with Gasteiger partial charge in [0.25, 0.3) is 11.8 Å². The minimum atomic E-state index is -0.541. The Morgan fingerprint density at radius 2 is 1.86 bits per heavy atom. The molecule has 8 nitrogen and oxygen atoms in total. The Labute approximate surface area is 161 Å². The van der Waals surface area contributed by atoms with E-state index in [9.17, 15) is 4.79 Å². The zero-order valence-corrected chi connectivity index (χ0v) is 15.4. The van der Waals surface area contributed by atoms with Crippen LogP contribution in [0.2, 0.25) is 0 Å². The van der Waals surface area contributed by atoms with Gasteiger partial charge in [0, 0.05) is 5.56 Å². The Morgan fingerprint density at radius 1 is 1.11 bits per heavy atom. The van der Waals surface area contributed by atoms with Crippen molar-refractivity contribution in [2.75, 3.05) is 11.9 Å². The lowest BCUT2D eigenvalue weighted by Crippen LogP contribution is -2.21. The molecule has 4 rings (SSSR count). The second kappa shape index (κ2) is 7.59. The molecule has 1 aliphatic rings. The van der Waals surface area contributed by atoms with Crippen molar-refractivity contribution < 1.29 is 23.4 Å². The molecular formula is C20H19N3O5. The zero-order valence-electron chi connectivity index (χ0n) is 15.4. The van der Waals surface area contributed by atoms with E-state index in [-0.39, 0.29) is 30.5 Å². The number of carbonyl (C=O) groups excluding carboxylic acids is 1. The summed E-state index contributed by atoms with van der Waals surface area (Å²) in [5.41, 5.74) is 0.446. The first-order chi connectivity index (χ1) is 13.6. The highest BCUT2D eigenvalue weighted by atomic mass is 16.6. The average Bonchev–Trinajstić information content (AvgIpc) is 3.16. The van der Waals surface area contributed by atoms with Crippen LogP contribution in [0, 0.1) is 0 Å². The van der Waals surface area contributed by atoms with Gasteiger partial charge < -0.3 is 18.6 Å². The van der Waals surface area contributed by atoms with Crippen LogP contribution < -0.4 is 19.5 Å². The smallest absolute Gasteiger partial charge is 0.322 e. The lowest BCUT2D eigenvalue weighted by molar-refractivity contribution is 0.0716. The molecule has 0 aliphatic carbocycles. The molecule has 0 unspecified atom stereocenters. The Hall–Kier alpha value is -3.55. The van der Waals surface area contributed by atoms with Gasteiger partial charge in [-0.15, -0.1) is 5.10 Å². The van der Waals surface area contributed by atoms with Crippen LogP contribution in [0.1, 0.15) is 36.2 Å². The van der Waals surface area contributed by atoms with E-state index >= 15 is 0 Å². The van der Waals surface area contributed by atoms with Gasteiger partial charge in [0.1, 0.15) is 12.4 Å². The normalized spacial score (nSPS) is 15.3. The van der Waals surface area contributed by atoms with Gasteiger partial charge in [-0.25, -0.2) is 0 Å².